The highest BCUT2D eigenvalue weighted by molar-refractivity contribution is 7.86. The molecule has 0 aliphatic carbocycles. The first kappa shape index (κ1) is 22.2. The van der Waals surface area contributed by atoms with Gasteiger partial charge in [0.05, 0.1) is 20.5 Å². The van der Waals surface area contributed by atoms with Crippen LogP contribution in [-0.4, -0.2) is 41.1 Å². The second kappa shape index (κ2) is 9.89. The van der Waals surface area contributed by atoms with E-state index < -0.39 is 28.4 Å². The molecular formula is C19H22N2O7S. The molecular weight excluding hydrogens is 400 g/mol. The van der Waals surface area contributed by atoms with E-state index in [1.807, 2.05) is 0 Å². The molecule has 9 nitrogen and oxygen atoms in total. The van der Waals surface area contributed by atoms with E-state index in [1.54, 1.807) is 48.5 Å². The van der Waals surface area contributed by atoms with Crippen LogP contribution >= 0.6 is 0 Å². The summed E-state index contributed by atoms with van der Waals surface area (Å²) in [6.07, 6.45) is -0.707. The molecule has 2 rings (SSSR count). The molecule has 0 spiro atoms. The number of ether oxygens (including phenoxy) is 2. The Morgan fingerprint density at radius 1 is 0.862 bits per heavy atom. The predicted molar refractivity (Wildman–Crippen MR) is 107 cm³/mol. The lowest BCUT2D eigenvalue weighted by Gasteiger charge is -2.18. The Kier molecular flexibility index (Phi) is 7.57. The predicted octanol–water partition coefficient (Wildman–Crippen LogP) is 3.30. The molecule has 29 heavy (non-hydrogen) atoms. The zero-order valence-electron chi connectivity index (χ0n) is 16.2. The van der Waals surface area contributed by atoms with Gasteiger partial charge in [-0.25, -0.2) is 9.59 Å². The number of amides is 2. The SMILES string of the molecule is COC(=O)Nc1ccc(CC(OS(C)(=O)=O)c2ccc(NC(=O)OC)cc2)cc1. The molecule has 2 aromatic rings. The second-order valence-electron chi connectivity index (χ2n) is 6.05. The van der Waals surface area contributed by atoms with Crippen LogP contribution in [0.1, 0.15) is 17.2 Å². The second-order valence-corrected chi connectivity index (χ2v) is 7.65. The van der Waals surface area contributed by atoms with Crippen molar-refractivity contribution in [3.63, 3.8) is 0 Å². The molecule has 0 radical (unpaired) electrons. The zero-order chi connectivity index (χ0) is 21.4. The summed E-state index contributed by atoms with van der Waals surface area (Å²) in [6, 6.07) is 13.4. The van der Waals surface area contributed by atoms with Crippen LogP contribution in [-0.2, 0) is 30.2 Å². The van der Waals surface area contributed by atoms with Gasteiger partial charge in [-0.3, -0.25) is 14.8 Å². The van der Waals surface area contributed by atoms with Gasteiger partial charge in [0.25, 0.3) is 10.1 Å². The van der Waals surface area contributed by atoms with E-state index in [2.05, 4.69) is 20.1 Å². The fourth-order valence-electron chi connectivity index (χ4n) is 2.48. The van der Waals surface area contributed by atoms with E-state index in [0.29, 0.717) is 16.9 Å². The van der Waals surface area contributed by atoms with Gasteiger partial charge in [0.15, 0.2) is 0 Å². The van der Waals surface area contributed by atoms with Gasteiger partial charge in [0.1, 0.15) is 6.10 Å². The Balaban J connectivity index is 2.18. The van der Waals surface area contributed by atoms with Gasteiger partial charge in [-0.1, -0.05) is 24.3 Å². The topological polar surface area (TPSA) is 120 Å². The quantitative estimate of drug-likeness (QED) is 0.657. The Morgan fingerprint density at radius 2 is 1.31 bits per heavy atom. The van der Waals surface area contributed by atoms with Crippen LogP contribution in [0.3, 0.4) is 0 Å². The minimum Gasteiger partial charge on any atom is -0.453 e. The van der Waals surface area contributed by atoms with E-state index in [-0.39, 0.29) is 6.42 Å². The molecule has 1 atom stereocenters. The van der Waals surface area contributed by atoms with Crippen molar-refractivity contribution in [2.75, 3.05) is 31.1 Å². The van der Waals surface area contributed by atoms with Crippen molar-refractivity contribution in [1.82, 2.24) is 0 Å². The Hall–Kier alpha value is -3.11. The fourth-order valence-corrected chi connectivity index (χ4v) is 3.08. The summed E-state index contributed by atoms with van der Waals surface area (Å²) in [6.45, 7) is 0. The Morgan fingerprint density at radius 3 is 1.72 bits per heavy atom. The summed E-state index contributed by atoms with van der Waals surface area (Å²) in [5.74, 6) is 0. The standard InChI is InChI=1S/C19H22N2O7S/c1-26-18(22)20-15-8-4-13(5-9-15)12-17(28-29(3,24)25)14-6-10-16(11-7-14)21-19(23)27-2/h4-11,17H,12H2,1-3H3,(H,20,22)(H,21,23). The molecule has 0 aromatic heterocycles. The monoisotopic (exact) mass is 422 g/mol. The highest BCUT2D eigenvalue weighted by atomic mass is 32.2. The number of nitrogens with one attached hydrogen (secondary N) is 2. The van der Waals surface area contributed by atoms with Gasteiger partial charge in [-0.2, -0.15) is 8.42 Å². The smallest absolute Gasteiger partial charge is 0.411 e. The van der Waals surface area contributed by atoms with Gasteiger partial charge in [-0.05, 0) is 35.4 Å². The molecule has 2 amide bonds. The molecule has 0 saturated carbocycles. The maximum atomic E-state index is 11.7. The van der Waals surface area contributed by atoms with Crippen molar-refractivity contribution in [3.05, 3.63) is 59.7 Å². The van der Waals surface area contributed by atoms with Crippen molar-refractivity contribution in [3.8, 4) is 0 Å². The van der Waals surface area contributed by atoms with Gasteiger partial charge in [0, 0.05) is 17.8 Å². The number of rotatable bonds is 7. The maximum absolute atomic E-state index is 11.7. The molecule has 2 N–H and O–H groups in total. The number of methoxy groups -OCH3 is 2. The molecule has 10 heteroatoms. The van der Waals surface area contributed by atoms with E-state index in [9.17, 15) is 18.0 Å². The van der Waals surface area contributed by atoms with Gasteiger partial charge in [0.2, 0.25) is 0 Å². The first-order valence-corrected chi connectivity index (χ1v) is 10.3. The lowest BCUT2D eigenvalue weighted by Crippen LogP contribution is -2.14. The summed E-state index contributed by atoms with van der Waals surface area (Å²) in [5.41, 5.74) is 2.45. The molecule has 1 unspecified atom stereocenters. The number of anilines is 2. The van der Waals surface area contributed by atoms with Crippen LogP contribution in [0.5, 0.6) is 0 Å². The molecule has 0 fully saturated rings. The molecule has 2 aromatic carbocycles. The average molecular weight is 422 g/mol. The first-order chi connectivity index (χ1) is 13.7. The van der Waals surface area contributed by atoms with Gasteiger partial charge >= 0.3 is 12.2 Å². The summed E-state index contributed by atoms with van der Waals surface area (Å²) in [7, 11) is -1.19. The fraction of sp³-hybridized carbons (Fsp3) is 0.263. The van der Waals surface area contributed by atoms with Crippen LogP contribution < -0.4 is 10.6 Å². The largest absolute Gasteiger partial charge is 0.453 e. The van der Waals surface area contributed by atoms with Crippen molar-refractivity contribution >= 4 is 33.7 Å². The summed E-state index contributed by atoms with van der Waals surface area (Å²) in [5, 5.41) is 5.05. The number of carbonyl (C=O) groups is 2. The first-order valence-electron chi connectivity index (χ1n) is 8.47. The molecule has 156 valence electrons. The van der Waals surface area contributed by atoms with Crippen LogP contribution in [0.25, 0.3) is 0 Å². The third-order valence-electron chi connectivity index (χ3n) is 3.81. The third kappa shape index (κ3) is 7.43. The number of carbonyl (C=O) groups excluding carboxylic acids is 2. The summed E-state index contributed by atoms with van der Waals surface area (Å²) < 4.78 is 37.7. The number of benzene rings is 2. The minimum absolute atomic E-state index is 0.273. The van der Waals surface area contributed by atoms with Crippen LogP contribution in [0.4, 0.5) is 21.0 Å². The maximum Gasteiger partial charge on any atom is 0.411 e. The summed E-state index contributed by atoms with van der Waals surface area (Å²) >= 11 is 0. The zero-order valence-corrected chi connectivity index (χ0v) is 17.0. The van der Waals surface area contributed by atoms with Crippen LogP contribution in [0, 0.1) is 0 Å². The van der Waals surface area contributed by atoms with Crippen molar-refractivity contribution in [2.24, 2.45) is 0 Å². The molecule has 0 aliphatic rings. The van der Waals surface area contributed by atoms with Crippen LogP contribution in [0.15, 0.2) is 48.5 Å². The van der Waals surface area contributed by atoms with E-state index in [4.69, 9.17) is 4.18 Å². The molecule has 0 saturated heterocycles. The lowest BCUT2D eigenvalue weighted by atomic mass is 10.0. The van der Waals surface area contributed by atoms with Gasteiger partial charge in [-0.15, -0.1) is 0 Å². The Labute approximate surface area is 169 Å². The van der Waals surface area contributed by atoms with E-state index in [0.717, 1.165) is 11.8 Å². The number of hydrogen-bond acceptors (Lipinski definition) is 7. The highest BCUT2D eigenvalue weighted by Crippen LogP contribution is 2.26. The summed E-state index contributed by atoms with van der Waals surface area (Å²) in [4.78, 5) is 22.5. The van der Waals surface area contributed by atoms with Crippen LogP contribution in [0.2, 0.25) is 0 Å². The van der Waals surface area contributed by atoms with E-state index >= 15 is 0 Å². The normalized spacial score (nSPS) is 12.0. The van der Waals surface area contributed by atoms with Crippen molar-refractivity contribution < 1.29 is 31.7 Å². The average Bonchev–Trinajstić information content (AvgIpc) is 2.68. The molecule has 0 heterocycles. The Bertz CT molecular complexity index is 942. The van der Waals surface area contributed by atoms with E-state index in [1.165, 1.54) is 14.2 Å². The lowest BCUT2D eigenvalue weighted by molar-refractivity contribution is 0.186. The van der Waals surface area contributed by atoms with Crippen molar-refractivity contribution in [2.45, 2.75) is 12.5 Å². The highest BCUT2D eigenvalue weighted by Gasteiger charge is 2.19. The number of hydrogen-bond donors (Lipinski definition) is 2. The molecule has 0 aliphatic heterocycles. The minimum atomic E-state index is -3.72. The van der Waals surface area contributed by atoms with Crippen molar-refractivity contribution in [1.29, 1.82) is 0 Å². The molecule has 0 bridgehead atoms. The third-order valence-corrected chi connectivity index (χ3v) is 4.39. The van der Waals surface area contributed by atoms with Gasteiger partial charge < -0.3 is 9.47 Å².